The summed E-state index contributed by atoms with van der Waals surface area (Å²) in [6, 6.07) is 1.95. The average Bonchev–Trinajstić information content (AvgIpc) is 2.92. The van der Waals surface area contributed by atoms with E-state index in [1.807, 2.05) is 24.6 Å². The van der Waals surface area contributed by atoms with Gasteiger partial charge in [-0.2, -0.15) is 5.10 Å². The van der Waals surface area contributed by atoms with Gasteiger partial charge in [0.25, 0.3) is 0 Å². The molecule has 2 heterocycles. The van der Waals surface area contributed by atoms with Crippen LogP contribution in [0.25, 0.3) is 10.7 Å². The van der Waals surface area contributed by atoms with Crippen LogP contribution in [0.3, 0.4) is 0 Å². The van der Waals surface area contributed by atoms with Gasteiger partial charge in [0, 0.05) is 12.2 Å². The van der Waals surface area contributed by atoms with Crippen molar-refractivity contribution in [2.45, 2.75) is 24.7 Å². The van der Waals surface area contributed by atoms with Crippen molar-refractivity contribution in [2.24, 2.45) is 0 Å². The standard InChI is InChI=1S/C10H12N4O2S2/c1-3-14-6(2)4-7(13-14)9-11-12-10(18-9)17-5-8(15)16/h4H,3,5H2,1-2H3,(H,15,16). The van der Waals surface area contributed by atoms with E-state index in [0.717, 1.165) is 22.9 Å². The minimum Gasteiger partial charge on any atom is -0.481 e. The van der Waals surface area contributed by atoms with Crippen LogP contribution in [0.2, 0.25) is 0 Å². The van der Waals surface area contributed by atoms with Gasteiger partial charge in [-0.05, 0) is 19.9 Å². The Morgan fingerprint density at radius 3 is 2.94 bits per heavy atom. The van der Waals surface area contributed by atoms with Crippen molar-refractivity contribution in [1.29, 1.82) is 0 Å². The van der Waals surface area contributed by atoms with E-state index in [1.54, 1.807) is 0 Å². The molecule has 2 aromatic rings. The molecule has 18 heavy (non-hydrogen) atoms. The number of aryl methyl sites for hydroxylation is 2. The van der Waals surface area contributed by atoms with Gasteiger partial charge in [0.05, 0.1) is 5.75 Å². The Morgan fingerprint density at radius 1 is 1.56 bits per heavy atom. The zero-order valence-corrected chi connectivity index (χ0v) is 11.6. The van der Waals surface area contributed by atoms with Crippen LogP contribution < -0.4 is 0 Å². The van der Waals surface area contributed by atoms with Gasteiger partial charge in [-0.1, -0.05) is 23.1 Å². The zero-order valence-electron chi connectivity index (χ0n) is 9.95. The highest BCUT2D eigenvalue weighted by Gasteiger charge is 2.12. The van der Waals surface area contributed by atoms with Crippen LogP contribution in [0.15, 0.2) is 10.4 Å². The first-order valence-electron chi connectivity index (χ1n) is 5.33. The topological polar surface area (TPSA) is 80.9 Å². The molecule has 0 saturated heterocycles. The Kier molecular flexibility index (Phi) is 3.97. The van der Waals surface area contributed by atoms with Crippen molar-refractivity contribution in [3.05, 3.63) is 11.8 Å². The largest absolute Gasteiger partial charge is 0.481 e. The van der Waals surface area contributed by atoms with Gasteiger partial charge in [0.15, 0.2) is 9.35 Å². The van der Waals surface area contributed by atoms with Crippen LogP contribution in [0, 0.1) is 6.92 Å². The molecule has 0 spiro atoms. The first-order chi connectivity index (χ1) is 8.60. The number of carboxylic acids is 1. The van der Waals surface area contributed by atoms with E-state index in [4.69, 9.17) is 5.11 Å². The quantitative estimate of drug-likeness (QED) is 0.845. The van der Waals surface area contributed by atoms with Gasteiger partial charge >= 0.3 is 5.97 Å². The highest BCUT2D eigenvalue weighted by atomic mass is 32.2. The second-order valence-corrected chi connectivity index (χ2v) is 5.74. The Bertz CT molecular complexity index is 564. The number of rotatable bonds is 5. The van der Waals surface area contributed by atoms with E-state index in [-0.39, 0.29) is 5.75 Å². The molecule has 0 aliphatic rings. The summed E-state index contributed by atoms with van der Waals surface area (Å²) < 4.78 is 2.54. The van der Waals surface area contributed by atoms with Crippen molar-refractivity contribution >= 4 is 29.1 Å². The van der Waals surface area contributed by atoms with Crippen LogP contribution in [-0.4, -0.2) is 36.8 Å². The van der Waals surface area contributed by atoms with Crippen LogP contribution in [-0.2, 0) is 11.3 Å². The third-order valence-corrected chi connectivity index (χ3v) is 4.29. The van der Waals surface area contributed by atoms with Crippen molar-refractivity contribution in [3.8, 4) is 10.7 Å². The summed E-state index contributed by atoms with van der Waals surface area (Å²) in [5.41, 5.74) is 1.86. The molecule has 0 atom stereocenters. The number of hydrogen-bond acceptors (Lipinski definition) is 6. The van der Waals surface area contributed by atoms with Crippen LogP contribution in [0.5, 0.6) is 0 Å². The van der Waals surface area contributed by atoms with E-state index in [0.29, 0.717) is 4.34 Å². The van der Waals surface area contributed by atoms with Gasteiger partial charge in [0.1, 0.15) is 5.69 Å². The number of thioether (sulfide) groups is 1. The van der Waals surface area contributed by atoms with Crippen molar-refractivity contribution < 1.29 is 9.90 Å². The van der Waals surface area contributed by atoms with E-state index in [2.05, 4.69) is 15.3 Å². The van der Waals surface area contributed by atoms with E-state index < -0.39 is 5.97 Å². The third-order valence-electron chi connectivity index (χ3n) is 2.23. The van der Waals surface area contributed by atoms with E-state index in [1.165, 1.54) is 23.1 Å². The molecule has 0 unspecified atom stereocenters. The number of aliphatic carboxylic acids is 1. The number of aromatic nitrogens is 4. The lowest BCUT2D eigenvalue weighted by atomic mass is 10.4. The number of nitrogens with zero attached hydrogens (tertiary/aromatic N) is 4. The van der Waals surface area contributed by atoms with Crippen molar-refractivity contribution in [3.63, 3.8) is 0 Å². The lowest BCUT2D eigenvalue weighted by Gasteiger charge is -1.95. The molecular weight excluding hydrogens is 272 g/mol. The first kappa shape index (κ1) is 13.0. The molecule has 0 saturated carbocycles. The minimum absolute atomic E-state index is 0.00292. The number of carboxylic acid groups (broad SMARTS) is 1. The van der Waals surface area contributed by atoms with E-state index >= 15 is 0 Å². The molecule has 0 aliphatic carbocycles. The summed E-state index contributed by atoms with van der Waals surface area (Å²) in [6.07, 6.45) is 0. The molecule has 0 aliphatic heterocycles. The smallest absolute Gasteiger partial charge is 0.313 e. The summed E-state index contributed by atoms with van der Waals surface area (Å²) in [5.74, 6) is -0.861. The monoisotopic (exact) mass is 284 g/mol. The van der Waals surface area contributed by atoms with Crippen LogP contribution in [0.1, 0.15) is 12.6 Å². The first-order valence-corrected chi connectivity index (χ1v) is 7.13. The summed E-state index contributed by atoms with van der Waals surface area (Å²) in [7, 11) is 0. The molecule has 1 N–H and O–H groups in total. The lowest BCUT2D eigenvalue weighted by Crippen LogP contribution is -1.98. The minimum atomic E-state index is -0.858. The normalized spacial score (nSPS) is 10.8. The number of hydrogen-bond donors (Lipinski definition) is 1. The number of carbonyl (C=O) groups is 1. The highest BCUT2D eigenvalue weighted by Crippen LogP contribution is 2.28. The fraction of sp³-hybridized carbons (Fsp3) is 0.400. The highest BCUT2D eigenvalue weighted by molar-refractivity contribution is 8.01. The summed E-state index contributed by atoms with van der Waals surface area (Å²) in [6.45, 7) is 4.82. The second-order valence-electron chi connectivity index (χ2n) is 3.54. The predicted octanol–water partition coefficient (Wildman–Crippen LogP) is 1.91. The predicted molar refractivity (Wildman–Crippen MR) is 69.9 cm³/mol. The zero-order chi connectivity index (χ0) is 13.1. The third kappa shape index (κ3) is 2.88. The summed E-state index contributed by atoms with van der Waals surface area (Å²) in [4.78, 5) is 10.5. The second kappa shape index (κ2) is 5.49. The maximum Gasteiger partial charge on any atom is 0.313 e. The Morgan fingerprint density at radius 2 is 2.33 bits per heavy atom. The maximum absolute atomic E-state index is 10.5. The molecule has 0 fully saturated rings. The molecule has 0 radical (unpaired) electrons. The Hall–Kier alpha value is -1.41. The Balaban J connectivity index is 2.15. The van der Waals surface area contributed by atoms with Crippen molar-refractivity contribution in [2.75, 3.05) is 5.75 Å². The SMILES string of the molecule is CCn1nc(-c2nnc(SCC(=O)O)s2)cc1C. The average molecular weight is 284 g/mol. The van der Waals surface area contributed by atoms with Gasteiger partial charge in [-0.3, -0.25) is 9.48 Å². The summed E-state index contributed by atoms with van der Waals surface area (Å²) >= 11 is 2.53. The molecule has 6 nitrogen and oxygen atoms in total. The molecule has 2 aromatic heterocycles. The van der Waals surface area contributed by atoms with Gasteiger partial charge in [0.2, 0.25) is 0 Å². The molecule has 0 amide bonds. The molecular formula is C10H12N4O2S2. The molecule has 0 bridgehead atoms. The fourth-order valence-corrected chi connectivity index (χ4v) is 2.96. The molecule has 2 rings (SSSR count). The Labute approximate surface area is 112 Å². The molecule has 0 aromatic carbocycles. The maximum atomic E-state index is 10.5. The summed E-state index contributed by atoms with van der Waals surface area (Å²) in [5, 5.41) is 21.7. The lowest BCUT2D eigenvalue weighted by molar-refractivity contribution is -0.133. The van der Waals surface area contributed by atoms with E-state index in [9.17, 15) is 4.79 Å². The molecule has 8 heteroatoms. The fourth-order valence-electron chi connectivity index (χ4n) is 1.43. The van der Waals surface area contributed by atoms with Crippen LogP contribution >= 0.6 is 23.1 Å². The van der Waals surface area contributed by atoms with Gasteiger partial charge < -0.3 is 5.11 Å². The molecule has 96 valence electrons. The van der Waals surface area contributed by atoms with Gasteiger partial charge in [-0.25, -0.2) is 0 Å². The van der Waals surface area contributed by atoms with Gasteiger partial charge in [-0.15, -0.1) is 10.2 Å². The van der Waals surface area contributed by atoms with Crippen LogP contribution in [0.4, 0.5) is 0 Å². The van der Waals surface area contributed by atoms with Crippen molar-refractivity contribution in [1.82, 2.24) is 20.0 Å².